The minimum atomic E-state index is 0.0628. The molecule has 0 radical (unpaired) electrons. The van der Waals surface area contributed by atoms with Gasteiger partial charge in [-0.2, -0.15) is 0 Å². The number of amides is 1. The molecular formula is C19H30N2O3. The van der Waals surface area contributed by atoms with Crippen molar-refractivity contribution in [1.82, 2.24) is 9.80 Å². The zero-order valence-corrected chi connectivity index (χ0v) is 15.2. The molecule has 1 fully saturated rings. The Balaban J connectivity index is 1.76. The van der Waals surface area contributed by atoms with E-state index < -0.39 is 0 Å². The smallest absolute Gasteiger partial charge is 0.248 e. The third-order valence-electron chi connectivity index (χ3n) is 4.70. The summed E-state index contributed by atoms with van der Waals surface area (Å²) in [7, 11) is 5.13. The van der Waals surface area contributed by atoms with E-state index in [1.54, 1.807) is 19.1 Å². The molecule has 2 rings (SSSR count). The van der Waals surface area contributed by atoms with Crippen molar-refractivity contribution >= 4 is 5.91 Å². The maximum Gasteiger partial charge on any atom is 0.248 e. The first-order valence-electron chi connectivity index (χ1n) is 8.70. The Hall–Kier alpha value is -1.59. The molecule has 1 saturated heterocycles. The molecule has 1 aliphatic rings. The number of benzene rings is 1. The van der Waals surface area contributed by atoms with E-state index in [0.29, 0.717) is 5.92 Å². The average molecular weight is 334 g/mol. The van der Waals surface area contributed by atoms with Crippen LogP contribution in [0.2, 0.25) is 0 Å². The first-order chi connectivity index (χ1) is 11.6. The van der Waals surface area contributed by atoms with Crippen molar-refractivity contribution in [3.05, 3.63) is 29.8 Å². The second-order valence-electron chi connectivity index (χ2n) is 6.61. The summed E-state index contributed by atoms with van der Waals surface area (Å²) >= 11 is 0. The lowest BCUT2D eigenvalue weighted by molar-refractivity contribution is -0.134. The zero-order chi connectivity index (χ0) is 17.4. The number of hydrogen-bond donors (Lipinski definition) is 0. The molecule has 0 aromatic heterocycles. The first-order valence-corrected chi connectivity index (χ1v) is 8.70. The van der Waals surface area contributed by atoms with Gasteiger partial charge in [0.15, 0.2) is 0 Å². The highest BCUT2D eigenvalue weighted by atomic mass is 16.5. The second kappa shape index (κ2) is 9.64. The van der Waals surface area contributed by atoms with E-state index in [-0.39, 0.29) is 12.5 Å². The Labute approximate surface area is 145 Å². The van der Waals surface area contributed by atoms with Crippen molar-refractivity contribution in [2.24, 2.45) is 5.92 Å². The number of piperidine rings is 1. The lowest BCUT2D eigenvalue weighted by Gasteiger charge is -2.34. The van der Waals surface area contributed by atoms with Crippen LogP contribution < -0.4 is 4.74 Å². The van der Waals surface area contributed by atoms with Gasteiger partial charge < -0.3 is 19.3 Å². The monoisotopic (exact) mass is 334 g/mol. The number of methoxy groups -OCH3 is 2. The summed E-state index contributed by atoms with van der Waals surface area (Å²) in [5.41, 5.74) is 1.34. The van der Waals surface area contributed by atoms with Gasteiger partial charge in [0.1, 0.15) is 12.4 Å². The van der Waals surface area contributed by atoms with Crippen LogP contribution in [0.3, 0.4) is 0 Å². The Bertz CT molecular complexity index is 504. The topological polar surface area (TPSA) is 42.0 Å². The summed E-state index contributed by atoms with van der Waals surface area (Å²) in [5.74, 6) is 1.52. The highest BCUT2D eigenvalue weighted by Crippen LogP contribution is 2.18. The normalized spacial score (nSPS) is 18.4. The molecule has 1 atom stereocenters. The number of likely N-dealkylation sites (N-methyl/N-ethyl adjacent to an activating group) is 1. The molecule has 134 valence electrons. The number of likely N-dealkylation sites (tertiary alicyclic amines) is 1. The summed E-state index contributed by atoms with van der Waals surface area (Å²) in [6.45, 7) is 4.29. The molecule has 1 heterocycles. The number of carbonyl (C=O) groups excluding carboxylic acids is 1. The van der Waals surface area contributed by atoms with Gasteiger partial charge in [0.25, 0.3) is 0 Å². The molecule has 0 aliphatic carbocycles. The van der Waals surface area contributed by atoms with Crippen molar-refractivity contribution < 1.29 is 14.3 Å². The molecule has 1 aromatic rings. The number of ether oxygens (including phenoxy) is 2. The predicted octanol–water partition coefficient (Wildman–Crippen LogP) is 2.05. The lowest BCUT2D eigenvalue weighted by Crippen LogP contribution is -2.42. The van der Waals surface area contributed by atoms with Gasteiger partial charge >= 0.3 is 0 Å². The van der Waals surface area contributed by atoms with E-state index in [2.05, 4.69) is 17.0 Å². The number of hydrogen-bond acceptors (Lipinski definition) is 4. The van der Waals surface area contributed by atoms with Crippen LogP contribution in [-0.2, 0) is 16.0 Å². The van der Waals surface area contributed by atoms with Crippen molar-refractivity contribution in [1.29, 1.82) is 0 Å². The molecule has 0 spiro atoms. The molecule has 5 heteroatoms. The van der Waals surface area contributed by atoms with Gasteiger partial charge in [-0.1, -0.05) is 12.1 Å². The number of rotatable bonds is 8. The van der Waals surface area contributed by atoms with Crippen LogP contribution >= 0.6 is 0 Å². The summed E-state index contributed by atoms with van der Waals surface area (Å²) in [6, 6.07) is 8.31. The minimum Gasteiger partial charge on any atom is -0.497 e. The number of carbonyl (C=O) groups is 1. The van der Waals surface area contributed by atoms with Crippen LogP contribution in [-0.4, -0.2) is 69.8 Å². The van der Waals surface area contributed by atoms with Gasteiger partial charge in [0.2, 0.25) is 5.91 Å². The van der Waals surface area contributed by atoms with Crippen LogP contribution in [0, 0.1) is 5.92 Å². The summed E-state index contributed by atoms with van der Waals surface area (Å²) in [5, 5.41) is 0. The van der Waals surface area contributed by atoms with Crippen LogP contribution in [0.4, 0.5) is 0 Å². The van der Waals surface area contributed by atoms with Crippen LogP contribution in [0.15, 0.2) is 24.3 Å². The fourth-order valence-electron chi connectivity index (χ4n) is 3.31. The Morgan fingerprint density at radius 1 is 1.29 bits per heavy atom. The molecule has 0 bridgehead atoms. The van der Waals surface area contributed by atoms with Gasteiger partial charge in [-0.25, -0.2) is 0 Å². The van der Waals surface area contributed by atoms with Crippen LogP contribution in [0.25, 0.3) is 0 Å². The fraction of sp³-hybridized carbons (Fsp3) is 0.632. The van der Waals surface area contributed by atoms with Gasteiger partial charge in [-0.05, 0) is 49.4 Å². The first kappa shape index (κ1) is 18.7. The molecule has 1 aliphatic heterocycles. The molecule has 24 heavy (non-hydrogen) atoms. The average Bonchev–Trinajstić information content (AvgIpc) is 2.61. The third-order valence-corrected chi connectivity index (χ3v) is 4.70. The Morgan fingerprint density at radius 2 is 2.04 bits per heavy atom. The molecule has 0 N–H and O–H groups in total. The second-order valence-corrected chi connectivity index (χ2v) is 6.61. The van der Waals surface area contributed by atoms with E-state index in [4.69, 9.17) is 9.47 Å². The van der Waals surface area contributed by atoms with Crippen molar-refractivity contribution in [3.8, 4) is 5.75 Å². The van der Waals surface area contributed by atoms with E-state index in [1.807, 2.05) is 19.2 Å². The van der Waals surface area contributed by atoms with Gasteiger partial charge in [0, 0.05) is 33.8 Å². The SMILES string of the molecule is COCC(=O)N(C)C[C@H]1CCCN(CCc2ccc(OC)cc2)C1. The standard InChI is InChI=1S/C19H30N2O3/c1-20(19(22)15-23-2)13-17-5-4-11-21(14-17)12-10-16-6-8-18(24-3)9-7-16/h6-9,17H,4-5,10-15H2,1-3H3/t17-/m1/s1. The van der Waals surface area contributed by atoms with Crippen LogP contribution in [0.1, 0.15) is 18.4 Å². The van der Waals surface area contributed by atoms with E-state index in [9.17, 15) is 4.79 Å². The van der Waals surface area contributed by atoms with E-state index in [1.165, 1.54) is 18.4 Å². The summed E-state index contributed by atoms with van der Waals surface area (Å²) in [6.07, 6.45) is 3.46. The van der Waals surface area contributed by atoms with Crippen molar-refractivity contribution in [2.45, 2.75) is 19.3 Å². The quantitative estimate of drug-likeness (QED) is 0.730. The third kappa shape index (κ3) is 5.80. The Kier molecular flexibility index (Phi) is 7.53. The highest BCUT2D eigenvalue weighted by Gasteiger charge is 2.22. The van der Waals surface area contributed by atoms with Gasteiger partial charge in [-0.15, -0.1) is 0 Å². The van der Waals surface area contributed by atoms with Crippen LogP contribution in [0.5, 0.6) is 5.75 Å². The molecule has 1 aromatic carbocycles. The molecule has 1 amide bonds. The number of nitrogens with zero attached hydrogens (tertiary/aromatic N) is 2. The minimum absolute atomic E-state index is 0.0628. The summed E-state index contributed by atoms with van der Waals surface area (Å²) in [4.78, 5) is 16.2. The van der Waals surface area contributed by atoms with Gasteiger partial charge in [0.05, 0.1) is 7.11 Å². The molecule has 5 nitrogen and oxygen atoms in total. The highest BCUT2D eigenvalue weighted by molar-refractivity contribution is 5.77. The Morgan fingerprint density at radius 3 is 2.71 bits per heavy atom. The maximum absolute atomic E-state index is 11.8. The van der Waals surface area contributed by atoms with Crippen molar-refractivity contribution in [2.75, 3.05) is 54.1 Å². The molecular weight excluding hydrogens is 304 g/mol. The zero-order valence-electron chi connectivity index (χ0n) is 15.2. The maximum atomic E-state index is 11.8. The fourth-order valence-corrected chi connectivity index (χ4v) is 3.31. The lowest BCUT2D eigenvalue weighted by atomic mass is 9.97. The van der Waals surface area contributed by atoms with Crippen molar-refractivity contribution in [3.63, 3.8) is 0 Å². The summed E-state index contributed by atoms with van der Waals surface area (Å²) < 4.78 is 10.1. The molecule has 0 unspecified atom stereocenters. The predicted molar refractivity (Wildman–Crippen MR) is 95.4 cm³/mol. The van der Waals surface area contributed by atoms with E-state index in [0.717, 1.165) is 38.3 Å². The van der Waals surface area contributed by atoms with Gasteiger partial charge in [-0.3, -0.25) is 4.79 Å². The van der Waals surface area contributed by atoms with E-state index >= 15 is 0 Å². The molecule has 0 saturated carbocycles. The largest absolute Gasteiger partial charge is 0.497 e.